The molecule has 6 aromatic rings. The summed E-state index contributed by atoms with van der Waals surface area (Å²) < 4.78 is 168. The minimum Gasteiger partial charge on any atom is -0.465 e. The van der Waals surface area contributed by atoms with Gasteiger partial charge < -0.3 is 19.6 Å². The molecule has 0 bridgehead atoms. The number of methoxy groups -OCH3 is 1. The maximum Gasteiger partial charge on any atom is 0.404 e. The number of amides is 1. The minimum absolute atomic E-state index is 0.0142. The summed E-state index contributed by atoms with van der Waals surface area (Å²) in [6.45, 7) is 3.01. The normalized spacial score (nSPS) is 16.3. The molecule has 388 valence electrons. The Kier molecular flexibility index (Phi) is 15.6. The van der Waals surface area contributed by atoms with Crippen molar-refractivity contribution in [3.8, 4) is 22.8 Å². The molecular weight excluding hydrogens is 1000 g/mol. The van der Waals surface area contributed by atoms with Gasteiger partial charge in [0.25, 0.3) is 5.91 Å². The van der Waals surface area contributed by atoms with Gasteiger partial charge in [0.05, 0.1) is 46.5 Å². The van der Waals surface area contributed by atoms with E-state index in [0.717, 1.165) is 88.7 Å². The summed E-state index contributed by atoms with van der Waals surface area (Å²) in [5.41, 5.74) is 8.57. The molecule has 2 aromatic carbocycles. The fourth-order valence-electron chi connectivity index (χ4n) is 9.31. The molecule has 4 N–H and O–H groups in total. The first-order chi connectivity index (χ1) is 33.7. The molecule has 0 aliphatic heterocycles. The van der Waals surface area contributed by atoms with Crippen molar-refractivity contribution < 1.29 is 66.3 Å². The van der Waals surface area contributed by atoms with E-state index in [2.05, 4.69) is 9.97 Å². The van der Waals surface area contributed by atoms with E-state index >= 15 is 0 Å². The Hall–Kier alpha value is -5.98. The van der Waals surface area contributed by atoms with Crippen molar-refractivity contribution >= 4 is 53.7 Å². The molecule has 2 fully saturated rings. The molecule has 0 spiro atoms. The number of esters is 1. The molecule has 2 aliphatic rings. The molecule has 0 unspecified atom stereocenters. The van der Waals surface area contributed by atoms with Crippen LogP contribution in [0.2, 0.25) is 0 Å². The zero-order chi connectivity index (χ0) is 52.7. The lowest BCUT2D eigenvalue weighted by atomic mass is 9.94. The zero-order valence-corrected chi connectivity index (χ0v) is 40.9. The molecule has 1 amide bonds. The van der Waals surface area contributed by atoms with E-state index in [-0.39, 0.29) is 34.6 Å². The van der Waals surface area contributed by atoms with Gasteiger partial charge in [-0.25, -0.2) is 30.4 Å². The van der Waals surface area contributed by atoms with Gasteiger partial charge in [-0.05, 0) is 107 Å². The molecule has 72 heavy (non-hydrogen) atoms. The van der Waals surface area contributed by atoms with Gasteiger partial charge in [-0.2, -0.15) is 35.8 Å². The molecule has 2 atom stereocenters. The van der Waals surface area contributed by atoms with E-state index < -0.39 is 77.8 Å². The van der Waals surface area contributed by atoms with Gasteiger partial charge in [0.15, 0.2) is 0 Å². The third-order valence-electron chi connectivity index (χ3n) is 13.0. The molecule has 0 radical (unpaired) electrons. The molecule has 14 nitrogen and oxygen atoms in total. The fraction of sp³-hybridized carbons (Fsp3) is 0.417. The van der Waals surface area contributed by atoms with E-state index in [1.165, 1.54) is 37.4 Å². The smallest absolute Gasteiger partial charge is 0.404 e. The number of hydrogen-bond donors (Lipinski definition) is 3. The number of hydrogen-bond acceptors (Lipinski definition) is 9. The van der Waals surface area contributed by atoms with Gasteiger partial charge in [0, 0.05) is 40.8 Å². The van der Waals surface area contributed by atoms with Gasteiger partial charge in [-0.15, -0.1) is 0 Å². The quantitative estimate of drug-likeness (QED) is 0.0789. The second-order valence-electron chi connectivity index (χ2n) is 17.9. The number of primary amides is 1. The second kappa shape index (κ2) is 20.9. The first kappa shape index (κ1) is 53.8. The first-order valence-electron chi connectivity index (χ1n) is 22.9. The number of carbonyl (C=O) groups excluding carboxylic acids is 2. The topological polar surface area (TPSA) is 197 Å². The van der Waals surface area contributed by atoms with Gasteiger partial charge in [0.1, 0.15) is 33.5 Å². The number of nitrogens with two attached hydrogens (primary N) is 1. The third kappa shape index (κ3) is 11.1. The highest BCUT2D eigenvalue weighted by molar-refractivity contribution is 7.89. The van der Waals surface area contributed by atoms with E-state index in [9.17, 15) is 61.5 Å². The van der Waals surface area contributed by atoms with Crippen LogP contribution in [0.25, 0.3) is 44.6 Å². The van der Waals surface area contributed by atoms with Crippen molar-refractivity contribution in [2.24, 2.45) is 5.73 Å². The Balaban J connectivity index is 0.000000211. The molecule has 24 heteroatoms. The Bertz CT molecular complexity index is 3130. The lowest BCUT2D eigenvalue weighted by Gasteiger charge is -2.26. The number of ether oxygens (including phenoxy) is 1. The van der Waals surface area contributed by atoms with Crippen molar-refractivity contribution in [2.45, 2.75) is 131 Å². The van der Waals surface area contributed by atoms with Gasteiger partial charge in [0.2, 0.25) is 20.0 Å². The Labute approximate surface area is 409 Å². The Morgan fingerprint density at radius 1 is 0.667 bits per heavy atom. The number of aromatic nitrogens is 4. The summed E-state index contributed by atoms with van der Waals surface area (Å²) in [4.78, 5) is 32.9. The minimum atomic E-state index is -4.76. The summed E-state index contributed by atoms with van der Waals surface area (Å²) in [6.07, 6.45) is 1.61. The van der Waals surface area contributed by atoms with Gasteiger partial charge in [-0.1, -0.05) is 38.5 Å². The second-order valence-corrected chi connectivity index (χ2v) is 21.4. The average molecular weight is 1050 g/mol. The lowest BCUT2D eigenvalue weighted by molar-refractivity contribution is -0.147. The summed E-state index contributed by atoms with van der Waals surface area (Å²) in [7, 11) is -7.83. The van der Waals surface area contributed by atoms with Crippen molar-refractivity contribution in [3.63, 3.8) is 0 Å². The highest BCUT2D eigenvalue weighted by Gasteiger charge is 2.40. The number of sulfonamides is 2. The number of halogens is 8. The summed E-state index contributed by atoms with van der Waals surface area (Å²) >= 11 is 0. The monoisotopic (exact) mass is 1050 g/mol. The Morgan fingerprint density at radius 2 is 1.11 bits per heavy atom. The van der Waals surface area contributed by atoms with Crippen LogP contribution in [-0.4, -0.2) is 79.4 Å². The van der Waals surface area contributed by atoms with Crippen LogP contribution < -0.4 is 15.2 Å². The number of aryl methyl sites for hydroxylation is 1. The predicted molar refractivity (Wildman–Crippen MR) is 251 cm³/mol. The molecular formula is C48H51F8N7O7S2. The van der Waals surface area contributed by atoms with Crippen molar-refractivity contribution in [1.29, 1.82) is 0 Å². The van der Waals surface area contributed by atoms with Gasteiger partial charge >= 0.3 is 18.3 Å². The fourth-order valence-corrected chi connectivity index (χ4v) is 11.7. The third-order valence-corrected chi connectivity index (χ3v) is 16.0. The molecule has 0 saturated heterocycles. The number of nitrogens with zero attached hydrogens (tertiary/aromatic N) is 4. The molecule has 4 aromatic heterocycles. The number of pyridine rings is 2. The molecule has 4 heterocycles. The van der Waals surface area contributed by atoms with Crippen LogP contribution >= 0.6 is 0 Å². The van der Waals surface area contributed by atoms with Crippen LogP contribution in [0, 0.1) is 18.6 Å². The highest BCUT2D eigenvalue weighted by Crippen LogP contribution is 2.43. The van der Waals surface area contributed by atoms with Crippen LogP contribution in [-0.2, 0) is 24.8 Å². The van der Waals surface area contributed by atoms with E-state index in [1.807, 2.05) is 9.13 Å². The predicted octanol–water partition coefficient (Wildman–Crippen LogP) is 10.3. The maximum atomic E-state index is 14.5. The van der Waals surface area contributed by atoms with Crippen molar-refractivity contribution in [1.82, 2.24) is 28.5 Å². The largest absolute Gasteiger partial charge is 0.465 e. The van der Waals surface area contributed by atoms with Crippen LogP contribution in [0.5, 0.6) is 0 Å². The SMILES string of the molecule is COC(=O)c1c(-c2ccc(S(=O)(=O)N[C@@H](C)C(F)(F)F)cn2)n(C2CCCCC2)c2ccc(F)cc12.Cc1cc2c(cc1F)c(C(N)=O)c(-c1ccc(S(=O)(=O)N[C@H](C)C(F)(F)F)cn1)n2C1CCCCC1. The van der Waals surface area contributed by atoms with Crippen LogP contribution in [0.1, 0.15) is 116 Å². The number of benzene rings is 2. The average Bonchev–Trinajstić information content (AvgIpc) is 3.84. The number of carbonyl (C=O) groups is 2. The van der Waals surface area contributed by atoms with Crippen LogP contribution in [0.4, 0.5) is 35.1 Å². The summed E-state index contributed by atoms with van der Waals surface area (Å²) in [6, 6.07) is 7.28. The van der Waals surface area contributed by atoms with Gasteiger partial charge in [-0.3, -0.25) is 14.8 Å². The maximum absolute atomic E-state index is 14.5. The van der Waals surface area contributed by atoms with E-state index in [4.69, 9.17) is 10.5 Å². The van der Waals surface area contributed by atoms with E-state index in [1.54, 1.807) is 28.5 Å². The Morgan fingerprint density at radius 3 is 1.53 bits per heavy atom. The van der Waals surface area contributed by atoms with Crippen molar-refractivity contribution in [3.05, 3.63) is 95.3 Å². The van der Waals surface area contributed by atoms with Crippen LogP contribution in [0.3, 0.4) is 0 Å². The lowest BCUT2D eigenvalue weighted by Crippen LogP contribution is -2.42. The highest BCUT2D eigenvalue weighted by atomic mass is 32.2. The van der Waals surface area contributed by atoms with Crippen molar-refractivity contribution in [2.75, 3.05) is 7.11 Å². The number of fused-ring (bicyclic) bond motifs is 2. The zero-order valence-electron chi connectivity index (χ0n) is 39.3. The molecule has 2 saturated carbocycles. The number of rotatable bonds is 12. The molecule has 2 aliphatic carbocycles. The van der Waals surface area contributed by atoms with E-state index in [0.29, 0.717) is 52.6 Å². The standard InChI is InChI=1S/C24H26F4N4O3S.C24H25F4N3O4S/c1-13-10-20-17(11-18(13)25)21(23(29)33)22(32(20)15-6-4-3-5-7-15)19-9-8-16(12-30-19)36(34,35)31-14(2)24(26,27)28;1-14(24(26,27)28)30-36(33,34)17-9-10-19(29-13-17)22-21(23(32)35-2)18-12-15(25)8-11-20(18)31(22)16-6-4-3-5-7-16/h8-12,14-15,31H,3-7H2,1-2H3,(H2,29,33);8-14,16,30H,3-7H2,1-2H3/t2*14-/m10/s1. The van der Waals surface area contributed by atoms with Crippen LogP contribution in [0.15, 0.2) is 76.8 Å². The number of nitrogens with one attached hydrogen (secondary N) is 2. The summed E-state index contributed by atoms with van der Waals surface area (Å²) in [5, 5.41) is 0.659. The first-order valence-corrected chi connectivity index (χ1v) is 25.9. The summed E-state index contributed by atoms with van der Waals surface area (Å²) in [5.74, 6) is -2.56. The number of alkyl halides is 6. The molecule has 8 rings (SSSR count).